The minimum atomic E-state index is -2.00. The van der Waals surface area contributed by atoms with Crippen LogP contribution in [0.3, 0.4) is 0 Å². The zero-order chi connectivity index (χ0) is 54.3. The molecule has 0 aromatic carbocycles. The van der Waals surface area contributed by atoms with E-state index in [9.17, 15) is 65.1 Å². The number of aliphatic carboxylic acids is 1. The van der Waals surface area contributed by atoms with Crippen molar-refractivity contribution in [3.8, 4) is 0 Å². The van der Waals surface area contributed by atoms with Gasteiger partial charge in [-0.25, -0.2) is 9.59 Å². The lowest BCUT2D eigenvalue weighted by atomic mass is 9.32. The second kappa shape index (κ2) is 20.7. The third kappa shape index (κ3) is 9.01. The van der Waals surface area contributed by atoms with Crippen LogP contribution in [0.1, 0.15) is 121 Å². The molecule has 0 bridgehead atoms. The fraction of sp³-hybridized carbons (Fsp3) is 0.849. The maximum absolute atomic E-state index is 14.0. The third-order valence-electron chi connectivity index (χ3n) is 19.9. The first-order valence-electron chi connectivity index (χ1n) is 26.0. The quantitative estimate of drug-likeness (QED) is 0.0419. The molecule has 2 aliphatic heterocycles. The lowest BCUT2D eigenvalue weighted by Gasteiger charge is -2.73. The Morgan fingerprint density at radius 1 is 0.808 bits per heavy atom. The van der Waals surface area contributed by atoms with Crippen LogP contribution >= 0.6 is 0 Å². The molecule has 0 aromatic heterocycles. The Hall–Kier alpha value is -3.12. The number of carbonyl (C=O) groups excluding carboxylic acids is 3. The van der Waals surface area contributed by atoms with Gasteiger partial charge in [0.1, 0.15) is 54.9 Å². The minimum Gasteiger partial charge on any atom is -0.479 e. The minimum absolute atomic E-state index is 0.196. The molecule has 2 heterocycles. The number of ether oxygens (including phenoxy) is 7. The molecule has 0 spiro atoms. The van der Waals surface area contributed by atoms with E-state index < -0.39 is 174 Å². The molecule has 9 N–H and O–H groups in total. The number of hydrogen-bond acceptors (Lipinski definition) is 19. The van der Waals surface area contributed by atoms with E-state index in [0.29, 0.717) is 37.7 Å². The second-order valence-electron chi connectivity index (χ2n) is 24.0. The van der Waals surface area contributed by atoms with E-state index in [1.165, 1.54) is 6.92 Å². The van der Waals surface area contributed by atoms with Crippen molar-refractivity contribution < 1.29 is 98.3 Å². The van der Waals surface area contributed by atoms with E-state index in [2.05, 4.69) is 19.9 Å². The molecule has 14 unspecified atom stereocenters. The molecule has 0 radical (unpaired) electrons. The van der Waals surface area contributed by atoms with Gasteiger partial charge in [0.05, 0.1) is 37.3 Å². The molecular formula is C53H82O20. The summed E-state index contributed by atoms with van der Waals surface area (Å²) in [6.07, 6.45) is -15.7. The number of carboxylic acids is 1. The molecule has 0 aromatic rings. The zero-order valence-electron chi connectivity index (χ0n) is 44.1. The smallest absolute Gasteiger partial charge is 0.335 e. The third-order valence-corrected chi connectivity index (χ3v) is 19.9. The summed E-state index contributed by atoms with van der Waals surface area (Å²) in [5, 5.41) is 101. The Kier molecular flexibility index (Phi) is 16.3. The molecule has 6 fully saturated rings. The van der Waals surface area contributed by atoms with Crippen molar-refractivity contribution >= 4 is 23.9 Å². The van der Waals surface area contributed by atoms with Gasteiger partial charge in [-0.2, -0.15) is 0 Å². The van der Waals surface area contributed by atoms with E-state index in [-0.39, 0.29) is 24.7 Å². The molecule has 73 heavy (non-hydrogen) atoms. The van der Waals surface area contributed by atoms with Crippen LogP contribution in [0.5, 0.6) is 0 Å². The van der Waals surface area contributed by atoms with Gasteiger partial charge in [0.2, 0.25) is 0 Å². The maximum Gasteiger partial charge on any atom is 0.335 e. The van der Waals surface area contributed by atoms with Crippen LogP contribution in [0.25, 0.3) is 0 Å². The molecule has 4 saturated carbocycles. The zero-order valence-corrected chi connectivity index (χ0v) is 44.1. The first-order valence-corrected chi connectivity index (χ1v) is 26.0. The van der Waals surface area contributed by atoms with Crippen LogP contribution in [0.15, 0.2) is 23.3 Å². The summed E-state index contributed by atoms with van der Waals surface area (Å²) in [5.41, 5.74) is -5.00. The highest BCUT2D eigenvalue weighted by Crippen LogP contribution is 2.76. The largest absolute Gasteiger partial charge is 0.479 e. The van der Waals surface area contributed by atoms with Gasteiger partial charge in [0.25, 0.3) is 0 Å². The van der Waals surface area contributed by atoms with Gasteiger partial charge >= 0.3 is 23.9 Å². The van der Waals surface area contributed by atoms with Crippen LogP contribution in [-0.4, -0.2) is 175 Å². The van der Waals surface area contributed by atoms with E-state index in [4.69, 9.17) is 33.2 Å². The number of carboxylic acid groups (broad SMARTS) is 1. The van der Waals surface area contributed by atoms with Crippen molar-refractivity contribution in [3.63, 3.8) is 0 Å². The molecule has 7 rings (SSSR count). The Morgan fingerprint density at radius 2 is 1.48 bits per heavy atom. The van der Waals surface area contributed by atoms with Gasteiger partial charge in [0.15, 0.2) is 24.8 Å². The maximum atomic E-state index is 14.0. The predicted octanol–water partition coefficient (Wildman–Crippen LogP) is 2.06. The van der Waals surface area contributed by atoms with Gasteiger partial charge < -0.3 is 79.1 Å². The first-order chi connectivity index (χ1) is 34.0. The SMILES string of the molecule is C/C=C(/C)C(=O)O[C@H]1[C@H](OC(=O)C(C)CC)[C@@]2(CO)C(CC1(C)C)C1=CCC3[C@@]4(C)CCC(OC5OC(C(=O)O)C(O)C(OC6OCC(O)C(O)C6O)C5O)[C@@](C)(CO)C4CC[C@@]3(C)[C@]1(C)[C@@H](O)[C@H]2OC(C)=O. The molecular weight excluding hydrogens is 957 g/mol. The summed E-state index contributed by atoms with van der Waals surface area (Å²) in [5.74, 6) is -5.32. The molecule has 2 saturated heterocycles. The van der Waals surface area contributed by atoms with E-state index in [1.807, 2.05) is 34.6 Å². The van der Waals surface area contributed by atoms with Crippen LogP contribution in [0.4, 0.5) is 0 Å². The van der Waals surface area contributed by atoms with E-state index in [0.717, 1.165) is 5.57 Å². The van der Waals surface area contributed by atoms with Gasteiger partial charge in [-0.15, -0.1) is 0 Å². The first kappa shape index (κ1) is 57.6. The number of aliphatic hydroxyl groups excluding tert-OH is 8. The molecule has 23 atom stereocenters. The topological polar surface area (TPSA) is 315 Å². The summed E-state index contributed by atoms with van der Waals surface area (Å²) in [6, 6.07) is 0. The Balaban J connectivity index is 1.26. The lowest BCUT2D eigenvalue weighted by molar-refractivity contribution is -0.358. The standard InChI is InChI=1S/C53H82O20/c1-12-24(3)44(65)72-41-42(73-45(66)25(4)13-2)53(23-55)28(20-48(41,6)7)27-14-15-31-49(8)18-17-32(50(9,22-54)30(49)16-19-51(31,10)52(27,11)39(62)40(53)68-26(5)56)69-47-36(61)37(35(60)38(71-47)43(63)64)70-46-34(59)33(58)29(57)21-67-46/h12,14,25,28-42,46-47,54-55,57-62H,13,15-23H2,1-11H3,(H,63,64)/b24-12-/t25?,28?,29?,30?,31?,32?,33?,34?,35?,36?,37?,38?,39-,40+,41-,42-,46?,47?,49-,50-,51+,52-,53-/m0/s1. The van der Waals surface area contributed by atoms with Crippen molar-refractivity contribution in [1.29, 1.82) is 0 Å². The molecule has 20 heteroatoms. The molecule has 20 nitrogen and oxygen atoms in total. The Morgan fingerprint density at radius 3 is 2.07 bits per heavy atom. The van der Waals surface area contributed by atoms with Crippen LogP contribution < -0.4 is 0 Å². The Bertz CT molecular complexity index is 2150. The molecule has 5 aliphatic carbocycles. The summed E-state index contributed by atoms with van der Waals surface area (Å²) in [7, 11) is 0. The van der Waals surface area contributed by atoms with Crippen LogP contribution in [0.2, 0.25) is 0 Å². The molecule has 7 aliphatic rings. The second-order valence-corrected chi connectivity index (χ2v) is 24.0. The highest BCUT2D eigenvalue weighted by molar-refractivity contribution is 5.88. The molecule has 0 amide bonds. The van der Waals surface area contributed by atoms with E-state index in [1.54, 1.807) is 26.8 Å². The number of fused-ring (bicyclic) bond motifs is 7. The highest BCUT2D eigenvalue weighted by atomic mass is 16.7. The monoisotopic (exact) mass is 1040 g/mol. The van der Waals surface area contributed by atoms with E-state index >= 15 is 0 Å². The summed E-state index contributed by atoms with van der Waals surface area (Å²) >= 11 is 0. The van der Waals surface area contributed by atoms with Gasteiger partial charge in [0, 0.05) is 28.7 Å². The van der Waals surface area contributed by atoms with Gasteiger partial charge in [-0.05, 0) is 87.4 Å². The van der Waals surface area contributed by atoms with Gasteiger partial charge in [-0.3, -0.25) is 9.59 Å². The van der Waals surface area contributed by atoms with Crippen molar-refractivity contribution in [2.24, 2.45) is 56.2 Å². The number of hydrogen-bond donors (Lipinski definition) is 9. The van der Waals surface area contributed by atoms with Crippen molar-refractivity contribution in [3.05, 3.63) is 23.3 Å². The number of esters is 3. The predicted molar refractivity (Wildman–Crippen MR) is 255 cm³/mol. The van der Waals surface area contributed by atoms with Crippen molar-refractivity contribution in [1.82, 2.24) is 0 Å². The van der Waals surface area contributed by atoms with Crippen LogP contribution in [-0.2, 0) is 52.3 Å². The van der Waals surface area contributed by atoms with Crippen molar-refractivity contribution in [2.45, 2.75) is 207 Å². The normalized spacial score (nSPS) is 47.8. The summed E-state index contributed by atoms with van der Waals surface area (Å²) in [4.78, 5) is 53.5. The average molecular weight is 1040 g/mol. The lowest BCUT2D eigenvalue weighted by Crippen LogP contribution is -2.77. The summed E-state index contributed by atoms with van der Waals surface area (Å²) in [6.45, 7) is 18.5. The van der Waals surface area contributed by atoms with Crippen molar-refractivity contribution in [2.75, 3.05) is 19.8 Å². The number of rotatable bonds is 13. The van der Waals surface area contributed by atoms with Gasteiger partial charge in [-0.1, -0.05) is 73.1 Å². The number of aliphatic hydroxyl groups is 8. The number of allylic oxidation sites excluding steroid dienone is 2. The summed E-state index contributed by atoms with van der Waals surface area (Å²) < 4.78 is 42.4. The fourth-order valence-corrected chi connectivity index (χ4v) is 15.1. The number of carbonyl (C=O) groups is 4. The highest BCUT2D eigenvalue weighted by Gasteiger charge is 2.77. The average Bonchev–Trinajstić information content (AvgIpc) is 3.33. The fourth-order valence-electron chi connectivity index (χ4n) is 15.1. The van der Waals surface area contributed by atoms with Crippen LogP contribution in [0, 0.1) is 56.2 Å². The Labute approximate surface area is 427 Å². The molecule has 414 valence electrons.